The average molecular weight is 402 g/mol. The van der Waals surface area contributed by atoms with E-state index in [0.29, 0.717) is 36.2 Å². The van der Waals surface area contributed by atoms with Gasteiger partial charge in [0.2, 0.25) is 0 Å². The minimum absolute atomic E-state index is 0.0830. The van der Waals surface area contributed by atoms with Crippen LogP contribution in [0.15, 0.2) is 23.1 Å². The SMILES string of the molecule is Cc1cc(C2CC2)cc(C(F)F)c1-n1cc2c(=O)[nH]c([C@@H]3COCCO3)nc2n1. The van der Waals surface area contributed by atoms with Crippen molar-refractivity contribution in [2.45, 2.75) is 38.2 Å². The van der Waals surface area contributed by atoms with Crippen molar-refractivity contribution < 1.29 is 18.3 Å². The molecule has 3 heterocycles. The lowest BCUT2D eigenvalue weighted by Gasteiger charge is -2.21. The quantitative estimate of drug-likeness (QED) is 0.724. The fourth-order valence-corrected chi connectivity index (χ4v) is 3.81. The predicted octanol–water partition coefficient (Wildman–Crippen LogP) is 3.32. The lowest BCUT2D eigenvalue weighted by molar-refractivity contribution is -0.0934. The molecule has 9 heteroatoms. The van der Waals surface area contributed by atoms with Crippen LogP contribution in [0.5, 0.6) is 0 Å². The Morgan fingerprint density at radius 3 is 2.79 bits per heavy atom. The second-order valence-electron chi connectivity index (χ2n) is 7.55. The van der Waals surface area contributed by atoms with E-state index in [0.717, 1.165) is 18.4 Å². The van der Waals surface area contributed by atoms with Crippen LogP contribution in [0.25, 0.3) is 16.7 Å². The highest BCUT2D eigenvalue weighted by molar-refractivity contribution is 5.73. The van der Waals surface area contributed by atoms with Gasteiger partial charge in [-0.1, -0.05) is 6.07 Å². The van der Waals surface area contributed by atoms with Crippen molar-refractivity contribution in [1.82, 2.24) is 19.7 Å². The van der Waals surface area contributed by atoms with Crippen LogP contribution in [0.2, 0.25) is 0 Å². The van der Waals surface area contributed by atoms with Crippen LogP contribution in [0, 0.1) is 6.92 Å². The number of aryl methyl sites for hydroxylation is 1. The Morgan fingerprint density at radius 2 is 2.10 bits per heavy atom. The summed E-state index contributed by atoms with van der Waals surface area (Å²) in [5, 5.41) is 4.58. The summed E-state index contributed by atoms with van der Waals surface area (Å²) >= 11 is 0. The van der Waals surface area contributed by atoms with E-state index in [4.69, 9.17) is 9.47 Å². The molecular formula is C20H20F2N4O3. The third-order valence-electron chi connectivity index (χ3n) is 5.39. The number of alkyl halides is 2. The first-order valence-corrected chi connectivity index (χ1v) is 9.63. The number of nitrogens with one attached hydrogen (secondary N) is 1. The molecule has 2 aliphatic rings. The van der Waals surface area contributed by atoms with Gasteiger partial charge in [0.25, 0.3) is 12.0 Å². The maximum Gasteiger partial charge on any atom is 0.265 e. The molecule has 2 fully saturated rings. The number of halogens is 2. The second-order valence-corrected chi connectivity index (χ2v) is 7.55. The van der Waals surface area contributed by atoms with Gasteiger partial charge in [0.05, 0.1) is 25.5 Å². The van der Waals surface area contributed by atoms with Crippen molar-refractivity contribution in [3.63, 3.8) is 0 Å². The molecule has 1 saturated carbocycles. The minimum Gasteiger partial charge on any atom is -0.376 e. The van der Waals surface area contributed by atoms with Crippen LogP contribution < -0.4 is 5.56 Å². The predicted molar refractivity (Wildman–Crippen MR) is 101 cm³/mol. The van der Waals surface area contributed by atoms with Gasteiger partial charge >= 0.3 is 0 Å². The molecule has 3 aromatic rings. The van der Waals surface area contributed by atoms with Crippen LogP contribution in [0.4, 0.5) is 8.78 Å². The summed E-state index contributed by atoms with van der Waals surface area (Å²) < 4.78 is 40.0. The number of fused-ring (bicyclic) bond motifs is 1. The Bertz CT molecular complexity index is 1130. The molecule has 0 bridgehead atoms. The lowest BCUT2D eigenvalue weighted by atomic mass is 10.0. The van der Waals surface area contributed by atoms with Gasteiger partial charge in [-0.2, -0.15) is 0 Å². The highest BCUT2D eigenvalue weighted by Crippen LogP contribution is 2.43. The van der Waals surface area contributed by atoms with Crippen LogP contribution in [-0.4, -0.2) is 39.6 Å². The largest absolute Gasteiger partial charge is 0.376 e. The fourth-order valence-electron chi connectivity index (χ4n) is 3.81. The molecule has 5 rings (SSSR count). The first-order valence-electron chi connectivity index (χ1n) is 9.63. The van der Waals surface area contributed by atoms with Crippen LogP contribution in [0.1, 0.15) is 53.8 Å². The Kier molecular flexibility index (Phi) is 4.44. The van der Waals surface area contributed by atoms with Gasteiger partial charge in [-0.05, 0) is 42.9 Å². The lowest BCUT2D eigenvalue weighted by Crippen LogP contribution is -2.25. The second kappa shape index (κ2) is 7.00. The summed E-state index contributed by atoms with van der Waals surface area (Å²) in [6.45, 7) is 2.97. The van der Waals surface area contributed by atoms with E-state index in [2.05, 4.69) is 15.1 Å². The van der Waals surface area contributed by atoms with Gasteiger partial charge in [0.15, 0.2) is 5.65 Å². The molecule has 1 aliphatic carbocycles. The molecule has 0 amide bonds. The first-order chi connectivity index (χ1) is 14.0. The fraction of sp³-hybridized carbons (Fsp3) is 0.450. The summed E-state index contributed by atoms with van der Waals surface area (Å²) in [6.07, 6.45) is 0.379. The summed E-state index contributed by atoms with van der Waals surface area (Å²) in [5.41, 5.74) is 1.63. The number of aromatic amines is 1. The van der Waals surface area contributed by atoms with Gasteiger partial charge in [-0.3, -0.25) is 4.79 Å². The van der Waals surface area contributed by atoms with Gasteiger partial charge in [-0.15, -0.1) is 5.10 Å². The van der Waals surface area contributed by atoms with Crippen molar-refractivity contribution in [2.75, 3.05) is 19.8 Å². The van der Waals surface area contributed by atoms with Gasteiger partial charge in [0, 0.05) is 11.8 Å². The molecule has 1 atom stereocenters. The topological polar surface area (TPSA) is 82.0 Å². The van der Waals surface area contributed by atoms with Crippen molar-refractivity contribution in [3.8, 4) is 5.69 Å². The number of ether oxygens (including phenoxy) is 2. The van der Waals surface area contributed by atoms with E-state index in [1.54, 1.807) is 13.0 Å². The van der Waals surface area contributed by atoms with Crippen molar-refractivity contribution >= 4 is 11.0 Å². The zero-order valence-electron chi connectivity index (χ0n) is 15.8. The molecule has 152 valence electrons. The van der Waals surface area contributed by atoms with Crippen molar-refractivity contribution in [3.05, 3.63) is 51.2 Å². The number of hydrogen-bond acceptors (Lipinski definition) is 5. The molecule has 2 aromatic heterocycles. The Balaban J connectivity index is 1.62. The van der Waals surface area contributed by atoms with Gasteiger partial charge in [0.1, 0.15) is 17.3 Å². The molecule has 1 saturated heterocycles. The molecule has 1 aromatic carbocycles. The molecule has 7 nitrogen and oxygen atoms in total. The molecule has 0 radical (unpaired) electrons. The standard InChI is InChI=1S/C20H20F2N4O3/c1-10-6-12(11-2-3-11)7-13(17(21)22)16(10)26-8-14-18(25-26)23-19(24-20(14)27)15-9-28-4-5-29-15/h6-8,11,15,17H,2-5,9H2,1H3,(H,23,24,25,27)/t15-/m0/s1. The summed E-state index contributed by atoms with van der Waals surface area (Å²) in [5.74, 6) is 0.684. The van der Waals surface area contributed by atoms with E-state index in [1.165, 1.54) is 10.9 Å². The van der Waals surface area contributed by atoms with E-state index < -0.39 is 18.1 Å². The zero-order chi connectivity index (χ0) is 20.1. The summed E-state index contributed by atoms with van der Waals surface area (Å²) in [7, 11) is 0. The van der Waals surface area contributed by atoms with Crippen LogP contribution in [0.3, 0.4) is 0 Å². The third kappa shape index (κ3) is 3.34. The minimum atomic E-state index is -2.65. The smallest absolute Gasteiger partial charge is 0.265 e. The summed E-state index contributed by atoms with van der Waals surface area (Å²) in [4.78, 5) is 19.6. The highest BCUT2D eigenvalue weighted by Gasteiger charge is 2.28. The maximum atomic E-state index is 13.8. The number of nitrogens with zero attached hydrogens (tertiary/aromatic N) is 3. The number of benzene rings is 1. The number of rotatable bonds is 4. The van der Waals surface area contributed by atoms with Crippen molar-refractivity contribution in [1.29, 1.82) is 0 Å². The number of hydrogen-bond donors (Lipinski definition) is 1. The monoisotopic (exact) mass is 402 g/mol. The zero-order valence-corrected chi connectivity index (χ0v) is 15.8. The molecule has 29 heavy (non-hydrogen) atoms. The Hall–Kier alpha value is -2.65. The number of H-pyrrole nitrogens is 1. The average Bonchev–Trinajstić information content (AvgIpc) is 3.47. The van der Waals surface area contributed by atoms with E-state index in [-0.39, 0.29) is 23.2 Å². The Morgan fingerprint density at radius 1 is 1.28 bits per heavy atom. The van der Waals surface area contributed by atoms with E-state index in [9.17, 15) is 13.6 Å². The number of aromatic nitrogens is 4. The maximum absolute atomic E-state index is 13.8. The molecule has 0 unspecified atom stereocenters. The van der Waals surface area contributed by atoms with E-state index >= 15 is 0 Å². The molecule has 1 aliphatic heterocycles. The normalized spacial score (nSPS) is 19.9. The van der Waals surface area contributed by atoms with Crippen LogP contribution >= 0.6 is 0 Å². The molecule has 1 N–H and O–H groups in total. The highest BCUT2D eigenvalue weighted by atomic mass is 19.3. The molecular weight excluding hydrogens is 382 g/mol. The first kappa shape index (κ1) is 18.4. The van der Waals surface area contributed by atoms with Crippen molar-refractivity contribution in [2.24, 2.45) is 0 Å². The summed E-state index contributed by atoms with van der Waals surface area (Å²) in [6, 6.07) is 3.49. The Labute approximate surface area is 164 Å². The van der Waals surface area contributed by atoms with Gasteiger partial charge in [-0.25, -0.2) is 18.4 Å². The molecule has 0 spiro atoms. The van der Waals surface area contributed by atoms with Crippen LogP contribution in [-0.2, 0) is 9.47 Å². The van der Waals surface area contributed by atoms with Gasteiger partial charge < -0.3 is 14.5 Å². The van der Waals surface area contributed by atoms with E-state index in [1.807, 2.05) is 6.07 Å². The third-order valence-corrected chi connectivity index (χ3v) is 5.39.